The number of ether oxygens (including phenoxy) is 1. The molecule has 0 fully saturated rings. The van der Waals surface area contributed by atoms with Crippen molar-refractivity contribution in [2.45, 2.75) is 0 Å². The highest BCUT2D eigenvalue weighted by atomic mass is 16.5. The molecule has 1 aliphatic heterocycles. The first-order valence-corrected chi connectivity index (χ1v) is 19.6. The van der Waals surface area contributed by atoms with Gasteiger partial charge in [0.1, 0.15) is 0 Å². The number of nitrogens with zero attached hydrogens (tertiary/aromatic N) is 3. The van der Waals surface area contributed by atoms with Gasteiger partial charge in [0.05, 0.1) is 11.4 Å². The molecule has 0 unspecified atom stereocenters. The number of rotatable bonds is 9. The van der Waals surface area contributed by atoms with Gasteiger partial charge >= 0.3 is 0 Å². The van der Waals surface area contributed by atoms with Crippen molar-refractivity contribution in [2.24, 2.45) is 0 Å². The van der Waals surface area contributed by atoms with Gasteiger partial charge in [-0.15, -0.1) is 0 Å². The second kappa shape index (κ2) is 15.4. The van der Waals surface area contributed by atoms with Crippen LogP contribution in [0.1, 0.15) is 0 Å². The van der Waals surface area contributed by atoms with Gasteiger partial charge in [-0.3, -0.25) is 0 Å². The van der Waals surface area contributed by atoms with Crippen LogP contribution in [0.5, 0.6) is 11.5 Å². The highest BCUT2D eigenvalue weighted by Gasteiger charge is 2.27. The second-order valence-electron chi connectivity index (χ2n) is 14.2. The normalized spacial score (nSPS) is 11.6. The molecule has 58 heavy (non-hydrogen) atoms. The molecule has 1 aliphatic rings. The molecule has 0 saturated carbocycles. The summed E-state index contributed by atoms with van der Waals surface area (Å²) in [5, 5.41) is 0. The minimum Gasteiger partial charge on any atom is -0.453 e. The lowest BCUT2D eigenvalue weighted by molar-refractivity contribution is 0.477. The van der Waals surface area contributed by atoms with Crippen molar-refractivity contribution in [2.75, 3.05) is 14.7 Å². The molecule has 0 atom stereocenters. The van der Waals surface area contributed by atoms with Crippen LogP contribution >= 0.6 is 0 Å². The van der Waals surface area contributed by atoms with E-state index in [9.17, 15) is 0 Å². The van der Waals surface area contributed by atoms with Gasteiger partial charge in [-0.2, -0.15) is 0 Å². The topological polar surface area (TPSA) is 19.0 Å². The zero-order valence-corrected chi connectivity index (χ0v) is 31.8. The van der Waals surface area contributed by atoms with Gasteiger partial charge in [0.15, 0.2) is 11.5 Å². The van der Waals surface area contributed by atoms with E-state index in [4.69, 9.17) is 4.74 Å². The second-order valence-corrected chi connectivity index (χ2v) is 14.2. The zero-order valence-electron chi connectivity index (χ0n) is 31.8. The van der Waals surface area contributed by atoms with Crippen LogP contribution in [0.25, 0.3) is 22.3 Å². The first kappa shape index (κ1) is 34.7. The molecular weight excluding hydrogens is 707 g/mol. The first-order chi connectivity index (χ1) is 28.8. The standard InChI is InChI=1S/C54H39N3O/c1-6-16-44(17-7-1)55(45-18-8-2-9-19-45)49-32-26-40(27-33-49)42-30-36-51-53(38-42)58-54-39-43(31-37-52(54)57(51)48-24-14-5-15-25-48)41-28-34-50(35-29-41)56(46-20-10-3-11-21-46)47-22-12-4-13-23-47/h1-39H. The Morgan fingerprint density at radius 2 is 0.569 bits per heavy atom. The minimum absolute atomic E-state index is 0.807. The zero-order chi connectivity index (χ0) is 38.7. The molecule has 0 bridgehead atoms. The molecule has 9 aromatic carbocycles. The van der Waals surface area contributed by atoms with Crippen LogP contribution < -0.4 is 19.4 Å². The summed E-state index contributed by atoms with van der Waals surface area (Å²) in [5.41, 5.74) is 14.1. The van der Waals surface area contributed by atoms with Gasteiger partial charge in [0.2, 0.25) is 0 Å². The van der Waals surface area contributed by atoms with E-state index in [1.807, 2.05) is 0 Å². The van der Waals surface area contributed by atoms with Crippen LogP contribution in [0.3, 0.4) is 0 Å². The van der Waals surface area contributed by atoms with Crippen molar-refractivity contribution in [3.8, 4) is 33.8 Å². The minimum atomic E-state index is 0.807. The number of hydrogen-bond donors (Lipinski definition) is 0. The number of hydrogen-bond acceptors (Lipinski definition) is 4. The molecule has 276 valence electrons. The molecule has 10 rings (SSSR count). The Hall–Kier alpha value is -7.82. The maximum Gasteiger partial charge on any atom is 0.152 e. The summed E-state index contributed by atoms with van der Waals surface area (Å²) < 4.78 is 6.85. The van der Waals surface area contributed by atoms with Crippen molar-refractivity contribution >= 4 is 51.2 Å². The molecular formula is C54H39N3O. The summed E-state index contributed by atoms with van der Waals surface area (Å²) in [7, 11) is 0. The van der Waals surface area contributed by atoms with Crippen LogP contribution in [-0.2, 0) is 0 Å². The van der Waals surface area contributed by atoms with Crippen molar-refractivity contribution < 1.29 is 4.74 Å². The van der Waals surface area contributed by atoms with E-state index in [-0.39, 0.29) is 0 Å². The van der Waals surface area contributed by atoms with Crippen molar-refractivity contribution in [1.82, 2.24) is 0 Å². The van der Waals surface area contributed by atoms with E-state index in [1.54, 1.807) is 0 Å². The SMILES string of the molecule is c1ccc(N(c2ccccc2)c2ccc(-c3ccc4c(c3)Oc3cc(-c5ccc(N(c6ccccc6)c6ccccc6)cc5)ccc3N4c3ccccc3)cc2)cc1. The highest BCUT2D eigenvalue weighted by molar-refractivity contribution is 5.90. The molecule has 1 heterocycles. The average Bonchev–Trinajstić information content (AvgIpc) is 3.30. The van der Waals surface area contributed by atoms with E-state index < -0.39 is 0 Å². The largest absolute Gasteiger partial charge is 0.453 e. The number of anilines is 9. The molecule has 0 spiro atoms. The third kappa shape index (κ3) is 6.74. The van der Waals surface area contributed by atoms with Crippen LogP contribution in [0.4, 0.5) is 51.2 Å². The summed E-state index contributed by atoms with van der Waals surface area (Å²) in [5.74, 6) is 1.61. The smallest absolute Gasteiger partial charge is 0.152 e. The Balaban J connectivity index is 0.984. The van der Waals surface area contributed by atoms with E-state index in [2.05, 4.69) is 251 Å². The van der Waals surface area contributed by atoms with Gasteiger partial charge < -0.3 is 19.4 Å². The number of para-hydroxylation sites is 5. The predicted molar refractivity (Wildman–Crippen MR) is 241 cm³/mol. The van der Waals surface area contributed by atoms with Crippen molar-refractivity contribution in [1.29, 1.82) is 0 Å². The lowest BCUT2D eigenvalue weighted by atomic mass is 10.0. The quantitative estimate of drug-likeness (QED) is 0.146. The van der Waals surface area contributed by atoms with Gasteiger partial charge in [0.25, 0.3) is 0 Å². The Bertz CT molecular complexity index is 2520. The maximum absolute atomic E-state index is 6.85. The van der Waals surface area contributed by atoms with Crippen molar-refractivity contribution in [3.63, 3.8) is 0 Å². The van der Waals surface area contributed by atoms with Gasteiger partial charge in [-0.25, -0.2) is 0 Å². The summed E-state index contributed by atoms with van der Waals surface area (Å²) in [6, 6.07) is 83.1. The van der Waals surface area contributed by atoms with E-state index in [0.29, 0.717) is 0 Å². The van der Waals surface area contributed by atoms with Gasteiger partial charge in [0, 0.05) is 39.8 Å². The molecule has 4 nitrogen and oxygen atoms in total. The molecule has 4 heteroatoms. The van der Waals surface area contributed by atoms with Crippen LogP contribution in [0, 0.1) is 0 Å². The average molecular weight is 746 g/mol. The van der Waals surface area contributed by atoms with Gasteiger partial charge in [-0.1, -0.05) is 127 Å². The summed E-state index contributed by atoms with van der Waals surface area (Å²) in [4.78, 5) is 6.85. The number of benzene rings is 9. The molecule has 0 aliphatic carbocycles. The van der Waals surface area contributed by atoms with Gasteiger partial charge in [-0.05, 0) is 131 Å². The monoisotopic (exact) mass is 745 g/mol. The lowest BCUT2D eigenvalue weighted by Gasteiger charge is -2.33. The van der Waals surface area contributed by atoms with E-state index in [1.165, 1.54) is 0 Å². The fraction of sp³-hybridized carbons (Fsp3) is 0. The molecule has 9 aromatic rings. The maximum atomic E-state index is 6.85. The van der Waals surface area contributed by atoms with E-state index in [0.717, 1.165) is 84.9 Å². The van der Waals surface area contributed by atoms with Crippen LogP contribution in [-0.4, -0.2) is 0 Å². The summed E-state index contributed by atoms with van der Waals surface area (Å²) in [6.45, 7) is 0. The molecule has 0 amide bonds. The Labute approximate surface area is 339 Å². The van der Waals surface area contributed by atoms with Crippen molar-refractivity contribution in [3.05, 3.63) is 237 Å². The molecule has 0 N–H and O–H groups in total. The fourth-order valence-electron chi connectivity index (χ4n) is 7.83. The molecule has 0 saturated heterocycles. The Morgan fingerprint density at radius 1 is 0.276 bits per heavy atom. The lowest BCUT2D eigenvalue weighted by Crippen LogP contribution is -2.15. The highest BCUT2D eigenvalue weighted by Crippen LogP contribution is 2.52. The fourth-order valence-corrected chi connectivity index (χ4v) is 7.83. The molecule has 0 radical (unpaired) electrons. The predicted octanol–water partition coefficient (Wildman–Crippen LogP) is 15.5. The Kier molecular flexibility index (Phi) is 9.18. The summed E-state index contributed by atoms with van der Waals surface area (Å²) in [6.07, 6.45) is 0. The molecule has 0 aromatic heterocycles. The van der Waals surface area contributed by atoms with Crippen LogP contribution in [0.15, 0.2) is 237 Å². The first-order valence-electron chi connectivity index (χ1n) is 19.6. The van der Waals surface area contributed by atoms with E-state index >= 15 is 0 Å². The Morgan fingerprint density at radius 3 is 0.914 bits per heavy atom. The third-order valence-electron chi connectivity index (χ3n) is 10.6. The third-order valence-corrected chi connectivity index (χ3v) is 10.6. The summed E-state index contributed by atoms with van der Waals surface area (Å²) >= 11 is 0. The van der Waals surface area contributed by atoms with Crippen LogP contribution in [0.2, 0.25) is 0 Å². The number of fused-ring (bicyclic) bond motifs is 2.